The number of rotatable bonds is 2. The largest absolute Gasteiger partial charge is 0.281 e. The molecule has 0 saturated carbocycles. The van der Waals surface area contributed by atoms with E-state index in [1.54, 1.807) is 0 Å². The maximum Gasteiger partial charge on any atom is 0.235 e. The van der Waals surface area contributed by atoms with Gasteiger partial charge < -0.3 is 0 Å². The van der Waals surface area contributed by atoms with Crippen LogP contribution in [0.4, 0.5) is 5.82 Å². The van der Waals surface area contributed by atoms with Gasteiger partial charge in [-0.3, -0.25) is 15.6 Å². The molecule has 3 heterocycles. The molecule has 0 radical (unpaired) electrons. The number of amides is 1. The Balaban J connectivity index is 2.30. The number of pyridine rings is 1. The fourth-order valence-electron chi connectivity index (χ4n) is 2.32. The van der Waals surface area contributed by atoms with Crippen LogP contribution in [0.1, 0.15) is 24.0 Å². The fraction of sp³-hybridized carbons (Fsp3) is 0.286. The first kappa shape index (κ1) is 13.7. The predicted molar refractivity (Wildman–Crippen MR) is 84.4 cm³/mol. The molecule has 0 aliphatic rings. The number of nitrogens with zero attached hydrogens (tertiary/aromatic N) is 3. The Morgan fingerprint density at radius 1 is 1.19 bits per heavy atom. The van der Waals surface area contributed by atoms with E-state index in [0.29, 0.717) is 11.6 Å². The van der Waals surface area contributed by atoms with E-state index in [2.05, 4.69) is 32.7 Å². The van der Waals surface area contributed by atoms with Crippen LogP contribution in [0.5, 0.6) is 0 Å². The summed E-state index contributed by atoms with van der Waals surface area (Å²) in [6.07, 6.45) is 0. The van der Waals surface area contributed by atoms with Gasteiger partial charge in [0.1, 0.15) is 10.7 Å². The highest BCUT2D eigenvalue weighted by Crippen LogP contribution is 2.36. The van der Waals surface area contributed by atoms with E-state index in [9.17, 15) is 4.79 Å². The van der Waals surface area contributed by atoms with Gasteiger partial charge in [-0.25, -0.2) is 15.0 Å². The number of aromatic nitrogens is 3. The lowest BCUT2D eigenvalue weighted by Crippen LogP contribution is -2.27. The number of hydrogen-bond acceptors (Lipinski definition) is 6. The van der Waals surface area contributed by atoms with Gasteiger partial charge in [-0.15, -0.1) is 11.3 Å². The van der Waals surface area contributed by atoms with Crippen LogP contribution in [0.25, 0.3) is 20.4 Å². The van der Waals surface area contributed by atoms with Crippen molar-refractivity contribution in [3.8, 4) is 0 Å². The minimum atomic E-state index is -0.175. The lowest BCUT2D eigenvalue weighted by atomic mass is 10.1. The van der Waals surface area contributed by atoms with Crippen molar-refractivity contribution in [1.82, 2.24) is 20.4 Å². The lowest BCUT2D eigenvalue weighted by molar-refractivity contribution is -0.118. The zero-order valence-corrected chi connectivity index (χ0v) is 13.1. The topological polar surface area (TPSA) is 79.8 Å². The summed E-state index contributed by atoms with van der Waals surface area (Å²) >= 11 is 1.53. The van der Waals surface area contributed by atoms with E-state index >= 15 is 0 Å². The van der Waals surface area contributed by atoms with Gasteiger partial charge >= 0.3 is 0 Å². The minimum absolute atomic E-state index is 0.175. The highest BCUT2D eigenvalue weighted by atomic mass is 32.1. The maximum atomic E-state index is 11.1. The molecule has 0 spiro atoms. The molecular formula is C14H15N5OS. The fourth-order valence-corrected chi connectivity index (χ4v) is 3.50. The van der Waals surface area contributed by atoms with Crippen LogP contribution in [0.3, 0.4) is 0 Å². The molecule has 0 aliphatic carbocycles. The van der Waals surface area contributed by atoms with Crippen molar-refractivity contribution in [1.29, 1.82) is 0 Å². The van der Waals surface area contributed by atoms with Gasteiger partial charge in [0.15, 0.2) is 5.82 Å². The summed E-state index contributed by atoms with van der Waals surface area (Å²) < 4.78 is 0.894. The second kappa shape index (κ2) is 4.92. The Bertz CT molecular complexity index is 871. The molecule has 3 aromatic rings. The summed E-state index contributed by atoms with van der Waals surface area (Å²) in [7, 11) is 0. The summed E-state index contributed by atoms with van der Waals surface area (Å²) in [4.78, 5) is 25.5. The molecular weight excluding hydrogens is 286 g/mol. The number of carbonyl (C=O) groups excluding carboxylic acids is 1. The summed E-state index contributed by atoms with van der Waals surface area (Å²) in [6, 6.07) is 2.05. The van der Waals surface area contributed by atoms with Crippen LogP contribution >= 0.6 is 11.3 Å². The van der Waals surface area contributed by atoms with Gasteiger partial charge in [0.05, 0.1) is 10.2 Å². The number of fused-ring (bicyclic) bond motifs is 3. The third-order valence-electron chi connectivity index (χ3n) is 3.08. The Hall–Kier alpha value is -2.28. The number of thiophene rings is 1. The van der Waals surface area contributed by atoms with Crippen molar-refractivity contribution in [2.75, 3.05) is 5.43 Å². The molecule has 2 N–H and O–H groups in total. The van der Waals surface area contributed by atoms with E-state index in [-0.39, 0.29) is 5.91 Å². The standard InChI is InChI=1S/C14H15N5OS/c1-6-5-7(2)15-14-10(6)11-12(21-14)13(17-8(3)16-11)19-18-9(4)20/h5H,1-4H3,(H,18,20)(H,16,17,19). The van der Waals surface area contributed by atoms with Gasteiger partial charge in [-0.2, -0.15) is 0 Å². The smallest absolute Gasteiger partial charge is 0.235 e. The third kappa shape index (κ3) is 2.40. The van der Waals surface area contributed by atoms with Crippen molar-refractivity contribution < 1.29 is 4.79 Å². The zero-order chi connectivity index (χ0) is 15.1. The highest BCUT2D eigenvalue weighted by molar-refractivity contribution is 7.26. The predicted octanol–water partition coefficient (Wildman–Crippen LogP) is 2.63. The number of aryl methyl sites for hydroxylation is 3. The molecule has 108 valence electrons. The van der Waals surface area contributed by atoms with Crippen molar-refractivity contribution in [3.63, 3.8) is 0 Å². The average Bonchev–Trinajstić information content (AvgIpc) is 2.73. The lowest BCUT2D eigenvalue weighted by Gasteiger charge is -2.07. The van der Waals surface area contributed by atoms with Gasteiger partial charge in [0.2, 0.25) is 5.91 Å². The summed E-state index contributed by atoms with van der Waals surface area (Å²) in [5.74, 6) is 1.08. The molecule has 0 unspecified atom stereocenters. The zero-order valence-electron chi connectivity index (χ0n) is 12.2. The molecule has 0 atom stereocenters. The second-order valence-electron chi connectivity index (χ2n) is 4.97. The van der Waals surface area contributed by atoms with Crippen molar-refractivity contribution >= 4 is 43.5 Å². The number of nitrogens with one attached hydrogen (secondary N) is 2. The number of anilines is 1. The molecule has 1 amide bonds. The van der Waals surface area contributed by atoms with E-state index in [1.165, 1.54) is 18.3 Å². The quantitative estimate of drug-likeness (QED) is 0.711. The van der Waals surface area contributed by atoms with Gasteiger partial charge in [-0.05, 0) is 32.4 Å². The molecule has 0 bridgehead atoms. The number of carbonyl (C=O) groups is 1. The Morgan fingerprint density at radius 2 is 1.95 bits per heavy atom. The average molecular weight is 301 g/mol. The first-order valence-electron chi connectivity index (χ1n) is 6.53. The maximum absolute atomic E-state index is 11.1. The van der Waals surface area contributed by atoms with Crippen LogP contribution < -0.4 is 10.9 Å². The number of hydrogen-bond donors (Lipinski definition) is 2. The molecule has 0 fully saturated rings. The Morgan fingerprint density at radius 3 is 2.67 bits per heavy atom. The molecule has 21 heavy (non-hydrogen) atoms. The highest BCUT2D eigenvalue weighted by Gasteiger charge is 2.15. The Labute approximate surface area is 125 Å². The van der Waals surface area contributed by atoms with Gasteiger partial charge in [0, 0.05) is 18.0 Å². The molecule has 0 saturated heterocycles. The van der Waals surface area contributed by atoms with E-state index in [0.717, 1.165) is 31.7 Å². The molecule has 7 heteroatoms. The van der Waals surface area contributed by atoms with Crippen molar-refractivity contribution in [2.24, 2.45) is 0 Å². The van der Waals surface area contributed by atoms with Crippen LogP contribution in [-0.4, -0.2) is 20.9 Å². The summed E-state index contributed by atoms with van der Waals surface area (Å²) in [5.41, 5.74) is 8.41. The SMILES string of the molecule is CC(=O)NNc1nc(C)nc2c1sc1nc(C)cc(C)c12. The summed E-state index contributed by atoms with van der Waals surface area (Å²) in [5, 5.41) is 1.05. The van der Waals surface area contributed by atoms with Crippen LogP contribution in [0.15, 0.2) is 6.07 Å². The monoisotopic (exact) mass is 301 g/mol. The van der Waals surface area contributed by atoms with Gasteiger partial charge in [0.25, 0.3) is 0 Å². The minimum Gasteiger partial charge on any atom is -0.281 e. The molecule has 3 aromatic heterocycles. The van der Waals surface area contributed by atoms with E-state index < -0.39 is 0 Å². The van der Waals surface area contributed by atoms with Crippen molar-refractivity contribution in [2.45, 2.75) is 27.7 Å². The molecule has 3 rings (SSSR count). The second-order valence-corrected chi connectivity index (χ2v) is 5.97. The first-order chi connectivity index (χ1) is 9.95. The Kier molecular flexibility index (Phi) is 3.21. The molecule has 6 nitrogen and oxygen atoms in total. The number of hydrazine groups is 1. The first-order valence-corrected chi connectivity index (χ1v) is 7.35. The normalized spacial score (nSPS) is 11.0. The van der Waals surface area contributed by atoms with Crippen molar-refractivity contribution in [3.05, 3.63) is 23.1 Å². The van der Waals surface area contributed by atoms with Crippen LogP contribution in [-0.2, 0) is 4.79 Å². The van der Waals surface area contributed by atoms with Crippen LogP contribution in [0.2, 0.25) is 0 Å². The third-order valence-corrected chi connectivity index (χ3v) is 4.16. The molecule has 0 aliphatic heterocycles. The van der Waals surface area contributed by atoms with E-state index in [1.807, 2.05) is 19.9 Å². The summed E-state index contributed by atoms with van der Waals surface area (Å²) in [6.45, 7) is 7.31. The molecule has 0 aromatic carbocycles. The van der Waals surface area contributed by atoms with Gasteiger partial charge in [-0.1, -0.05) is 0 Å². The van der Waals surface area contributed by atoms with Crippen LogP contribution in [0, 0.1) is 20.8 Å². The van der Waals surface area contributed by atoms with E-state index in [4.69, 9.17) is 0 Å².